The van der Waals surface area contributed by atoms with Crippen LogP contribution in [0.1, 0.15) is 10.4 Å². The minimum atomic E-state index is -4.95. The normalized spacial score (nSPS) is 12.4. The monoisotopic (exact) mass is 498 g/mol. The molecule has 2 N–H and O–H groups in total. The first-order valence-corrected chi connectivity index (χ1v) is 10.2. The number of carbonyl (C=O) groups is 1. The Bertz CT molecular complexity index is 1280. The Morgan fingerprint density at radius 1 is 1.21 bits per heavy atom. The fraction of sp³-hybridized carbons (Fsp3) is 0.227. The Hall–Kier alpha value is -3.44. The van der Waals surface area contributed by atoms with Gasteiger partial charge in [0.05, 0.1) is 28.7 Å². The summed E-state index contributed by atoms with van der Waals surface area (Å²) in [7, 11) is 3.54. The Balaban J connectivity index is 2.19. The van der Waals surface area contributed by atoms with Gasteiger partial charge in [-0.1, -0.05) is 23.7 Å². The summed E-state index contributed by atoms with van der Waals surface area (Å²) < 4.78 is 53.6. The lowest BCUT2D eigenvalue weighted by Crippen LogP contribution is -2.49. The number of halogens is 5. The van der Waals surface area contributed by atoms with E-state index < -0.39 is 41.7 Å². The highest BCUT2D eigenvalue weighted by Crippen LogP contribution is 2.30. The average Bonchev–Trinajstić information content (AvgIpc) is 2.76. The van der Waals surface area contributed by atoms with Gasteiger partial charge in [0.2, 0.25) is 0 Å². The van der Waals surface area contributed by atoms with Crippen molar-refractivity contribution < 1.29 is 27.5 Å². The van der Waals surface area contributed by atoms with E-state index in [0.717, 1.165) is 18.2 Å². The molecule has 0 radical (unpaired) electrons. The van der Waals surface area contributed by atoms with Crippen molar-refractivity contribution in [3.63, 3.8) is 0 Å². The third-order valence-electron chi connectivity index (χ3n) is 4.82. The Morgan fingerprint density at radius 3 is 2.47 bits per heavy atom. The van der Waals surface area contributed by atoms with Crippen molar-refractivity contribution in [1.29, 1.82) is 0 Å². The largest absolute Gasteiger partial charge is 0.410 e. The molecule has 0 aliphatic rings. The number of carbonyl (C=O) groups excluding carboxylic acids is 1. The van der Waals surface area contributed by atoms with E-state index in [2.05, 4.69) is 5.10 Å². The van der Waals surface area contributed by atoms with Crippen LogP contribution in [-0.4, -0.2) is 53.7 Å². The fourth-order valence-corrected chi connectivity index (χ4v) is 3.43. The SMILES string of the molecule is CN(C)c1ccc(-c2cc(C(=O)NC(CO)C(F)(F)F)c(=O)n(-c3cccc(F)c3)n2)cc1Cl. The van der Waals surface area contributed by atoms with Crippen LogP contribution in [0.15, 0.2) is 53.3 Å². The maximum Gasteiger partial charge on any atom is 0.410 e. The number of aliphatic hydroxyl groups excluding tert-OH is 1. The number of nitrogens with one attached hydrogen (secondary N) is 1. The number of anilines is 1. The molecule has 0 fully saturated rings. The molecule has 1 atom stereocenters. The van der Waals surface area contributed by atoms with Crippen LogP contribution in [-0.2, 0) is 0 Å². The summed E-state index contributed by atoms with van der Waals surface area (Å²) in [4.78, 5) is 27.4. The minimum absolute atomic E-state index is 0.0220. The van der Waals surface area contributed by atoms with Crippen LogP contribution in [0.4, 0.5) is 23.2 Å². The third kappa shape index (κ3) is 5.37. The molecular weight excluding hydrogens is 480 g/mol. The maximum atomic E-state index is 13.8. The molecule has 0 aliphatic carbocycles. The second-order valence-electron chi connectivity index (χ2n) is 7.45. The van der Waals surface area contributed by atoms with Crippen molar-refractivity contribution in [2.24, 2.45) is 0 Å². The number of hydrogen-bond donors (Lipinski definition) is 2. The first kappa shape index (κ1) is 25.2. The number of nitrogens with zero attached hydrogens (tertiary/aromatic N) is 3. The lowest BCUT2D eigenvalue weighted by molar-refractivity contribution is -0.161. The molecule has 34 heavy (non-hydrogen) atoms. The molecule has 0 bridgehead atoms. The Morgan fingerprint density at radius 2 is 1.91 bits per heavy atom. The maximum absolute atomic E-state index is 13.8. The average molecular weight is 499 g/mol. The van der Waals surface area contributed by atoms with E-state index in [1.54, 1.807) is 36.4 Å². The first-order valence-electron chi connectivity index (χ1n) is 9.78. The van der Waals surface area contributed by atoms with Crippen LogP contribution in [0.2, 0.25) is 5.02 Å². The van der Waals surface area contributed by atoms with Gasteiger partial charge in [-0.3, -0.25) is 9.59 Å². The first-order chi connectivity index (χ1) is 15.9. The molecule has 0 saturated carbocycles. The number of rotatable bonds is 6. The topological polar surface area (TPSA) is 87.5 Å². The molecule has 7 nitrogen and oxygen atoms in total. The van der Waals surface area contributed by atoms with Crippen molar-refractivity contribution in [2.75, 3.05) is 25.6 Å². The zero-order valence-corrected chi connectivity index (χ0v) is 18.7. The molecule has 3 rings (SSSR count). The Labute approximate surface area is 196 Å². The summed E-state index contributed by atoms with van der Waals surface area (Å²) in [6, 6.07) is 7.94. The van der Waals surface area contributed by atoms with Gasteiger partial charge in [-0.15, -0.1) is 0 Å². The van der Waals surface area contributed by atoms with Gasteiger partial charge in [-0.25, -0.2) is 4.39 Å². The summed E-state index contributed by atoms with van der Waals surface area (Å²) in [5.41, 5.74) is -0.783. The van der Waals surface area contributed by atoms with E-state index in [1.807, 2.05) is 0 Å². The van der Waals surface area contributed by atoms with Crippen LogP contribution < -0.4 is 15.8 Å². The highest BCUT2D eigenvalue weighted by molar-refractivity contribution is 6.33. The summed E-state index contributed by atoms with van der Waals surface area (Å²) >= 11 is 6.30. The van der Waals surface area contributed by atoms with Gasteiger partial charge in [-0.2, -0.15) is 23.0 Å². The van der Waals surface area contributed by atoms with Crippen LogP contribution in [0, 0.1) is 5.82 Å². The predicted molar refractivity (Wildman–Crippen MR) is 119 cm³/mol. The van der Waals surface area contributed by atoms with Crippen molar-refractivity contribution in [2.45, 2.75) is 12.2 Å². The quantitative estimate of drug-likeness (QED) is 0.509. The number of aromatic nitrogens is 2. The molecule has 2 aromatic carbocycles. The number of benzene rings is 2. The predicted octanol–water partition coefficient (Wildman–Crippen LogP) is 3.41. The molecule has 180 valence electrons. The van der Waals surface area contributed by atoms with Crippen LogP contribution in [0.25, 0.3) is 16.9 Å². The molecule has 1 unspecified atom stereocenters. The Kier molecular flexibility index (Phi) is 7.27. The van der Waals surface area contributed by atoms with Gasteiger partial charge in [0.15, 0.2) is 0 Å². The van der Waals surface area contributed by atoms with E-state index in [-0.39, 0.29) is 11.4 Å². The van der Waals surface area contributed by atoms with Crippen molar-refractivity contribution >= 4 is 23.2 Å². The van der Waals surface area contributed by atoms with E-state index in [4.69, 9.17) is 16.7 Å². The highest BCUT2D eigenvalue weighted by Gasteiger charge is 2.40. The molecule has 1 aromatic heterocycles. The number of aliphatic hydroxyl groups is 1. The third-order valence-corrected chi connectivity index (χ3v) is 5.12. The van der Waals surface area contributed by atoms with Gasteiger partial charge in [0.1, 0.15) is 17.4 Å². The molecule has 3 aromatic rings. The second kappa shape index (κ2) is 9.82. The highest BCUT2D eigenvalue weighted by atomic mass is 35.5. The van der Waals surface area contributed by atoms with Gasteiger partial charge in [-0.05, 0) is 36.4 Å². The molecule has 1 heterocycles. The van der Waals surface area contributed by atoms with E-state index in [0.29, 0.717) is 21.0 Å². The lowest BCUT2D eigenvalue weighted by atomic mass is 10.1. The van der Waals surface area contributed by atoms with Crippen LogP contribution in [0.5, 0.6) is 0 Å². The van der Waals surface area contributed by atoms with Crippen LogP contribution >= 0.6 is 11.6 Å². The van der Waals surface area contributed by atoms with Gasteiger partial charge in [0.25, 0.3) is 11.5 Å². The molecule has 0 aliphatic heterocycles. The smallest absolute Gasteiger partial charge is 0.394 e. The summed E-state index contributed by atoms with van der Waals surface area (Å²) in [5.74, 6) is -2.08. The van der Waals surface area contributed by atoms with E-state index in [1.165, 1.54) is 18.2 Å². The van der Waals surface area contributed by atoms with Gasteiger partial charge in [0, 0.05) is 19.7 Å². The standard InChI is InChI=1S/C22H19ClF4N4O3/c1-30(2)18-7-6-12(8-16(18)23)17-10-15(20(33)28-19(11-32)22(25,26)27)21(34)31(29-17)14-5-3-4-13(24)9-14/h3-10,19,32H,11H2,1-2H3,(H,28,33). The molecule has 1 amide bonds. The lowest BCUT2D eigenvalue weighted by Gasteiger charge is -2.19. The van der Waals surface area contributed by atoms with Crippen molar-refractivity contribution in [3.8, 4) is 16.9 Å². The molecule has 12 heteroatoms. The zero-order valence-electron chi connectivity index (χ0n) is 17.9. The van der Waals surface area contributed by atoms with E-state index in [9.17, 15) is 27.2 Å². The van der Waals surface area contributed by atoms with Crippen molar-refractivity contribution in [1.82, 2.24) is 15.1 Å². The number of hydrogen-bond acceptors (Lipinski definition) is 5. The minimum Gasteiger partial charge on any atom is -0.394 e. The molecule has 0 saturated heterocycles. The van der Waals surface area contributed by atoms with Gasteiger partial charge < -0.3 is 15.3 Å². The molecule has 0 spiro atoms. The van der Waals surface area contributed by atoms with Crippen molar-refractivity contribution in [3.05, 3.63) is 75.3 Å². The number of alkyl halides is 3. The zero-order chi connectivity index (χ0) is 25.2. The summed E-state index contributed by atoms with van der Waals surface area (Å²) in [6.45, 7) is -1.42. The fourth-order valence-electron chi connectivity index (χ4n) is 3.08. The van der Waals surface area contributed by atoms with Gasteiger partial charge >= 0.3 is 6.18 Å². The second-order valence-corrected chi connectivity index (χ2v) is 7.86. The van der Waals surface area contributed by atoms with Crippen LogP contribution in [0.3, 0.4) is 0 Å². The number of amides is 1. The summed E-state index contributed by atoms with van der Waals surface area (Å²) in [5, 5.41) is 15.1. The molecular formula is C22H19ClF4N4O3. The summed E-state index contributed by atoms with van der Waals surface area (Å²) in [6.07, 6.45) is -4.95. The van der Waals surface area contributed by atoms with E-state index >= 15 is 0 Å².